The number of hydrogen-bond acceptors (Lipinski definition) is 26. The number of carbonyl (C=O) groups excluding carboxylic acids is 5. The van der Waals surface area contributed by atoms with Crippen LogP contribution in [-0.2, 0) is 23.7 Å². The van der Waals surface area contributed by atoms with Gasteiger partial charge in [-0.2, -0.15) is 28.8 Å². The molecule has 6 aliphatic rings. The number of aliphatic hydroxyl groups is 3. The second-order valence-corrected chi connectivity index (χ2v) is 34.3. The Morgan fingerprint density at radius 1 is 0.508 bits per heavy atom. The van der Waals surface area contributed by atoms with Gasteiger partial charge in [0.15, 0.2) is 34.3 Å². The first kappa shape index (κ1) is 88.8. The molecule has 646 valence electrons. The van der Waals surface area contributed by atoms with E-state index in [0.717, 1.165) is 110 Å². The van der Waals surface area contributed by atoms with E-state index in [1.165, 1.54) is 37.3 Å². The van der Waals surface area contributed by atoms with E-state index in [1.807, 2.05) is 6.07 Å². The van der Waals surface area contributed by atoms with Gasteiger partial charge in [0.05, 0.1) is 97.2 Å². The van der Waals surface area contributed by atoms with Crippen LogP contribution in [0.5, 0.6) is 0 Å². The number of aromatic nitrogens is 12. The highest BCUT2D eigenvalue weighted by molar-refractivity contribution is 6.30. The van der Waals surface area contributed by atoms with Gasteiger partial charge in [0, 0.05) is 97.0 Å². The number of nitrogens with two attached hydrogens (primary N) is 1. The molecule has 3 aliphatic carbocycles. The molecular weight excluding hydrogens is 1560 g/mol. The van der Waals surface area contributed by atoms with Gasteiger partial charge in [-0.3, -0.25) is 38.6 Å². The molecule has 8 N–H and O–H groups in total. The van der Waals surface area contributed by atoms with Gasteiger partial charge in [0.2, 0.25) is 0 Å². The van der Waals surface area contributed by atoms with Crippen LogP contribution in [0.3, 0.4) is 0 Å². The molecule has 3 saturated carbocycles. The molecule has 9 aromatic heterocycles. The monoisotopic (exact) mass is 1680 g/mol. The lowest BCUT2D eigenvalue weighted by atomic mass is 9.83. The highest BCUT2D eigenvalue weighted by Gasteiger charge is 2.33. The molecule has 34 nitrogen and oxygen atoms in total. The molecule has 9 atom stereocenters. The predicted octanol–water partition coefficient (Wildman–Crippen LogP) is 12.3. The molecule has 12 heterocycles. The fourth-order valence-electron chi connectivity index (χ4n) is 16.2. The fraction of sp³-hybridized carbons (Fsp3) is 0.553. The van der Waals surface area contributed by atoms with E-state index < -0.39 is 29.5 Å². The summed E-state index contributed by atoms with van der Waals surface area (Å²) in [6, 6.07) is 15.4. The van der Waals surface area contributed by atoms with Crippen molar-refractivity contribution in [2.45, 2.75) is 224 Å². The molecule has 0 unspecified atom stereocenters. The van der Waals surface area contributed by atoms with Gasteiger partial charge in [-0.25, -0.2) is 24.5 Å². The molecular formula is C85H113ClN18O16. The van der Waals surface area contributed by atoms with Crippen LogP contribution in [0.25, 0.3) is 16.9 Å². The van der Waals surface area contributed by atoms with Gasteiger partial charge in [-0.15, -0.1) is 0 Å². The normalized spacial score (nSPS) is 21.5. The van der Waals surface area contributed by atoms with Gasteiger partial charge in [0.1, 0.15) is 56.8 Å². The molecule has 15 rings (SSSR count). The Morgan fingerprint density at radius 2 is 0.875 bits per heavy atom. The Labute approximate surface area is 700 Å². The van der Waals surface area contributed by atoms with E-state index >= 15 is 0 Å². The maximum absolute atomic E-state index is 13.5. The average molecular weight is 1680 g/mol. The number of amides is 2. The predicted molar refractivity (Wildman–Crippen MR) is 454 cm³/mol. The number of nitrogens with zero attached hydrogens (tertiary/aromatic N) is 14. The van der Waals surface area contributed by atoms with Crippen LogP contribution in [0.1, 0.15) is 226 Å². The van der Waals surface area contributed by atoms with Crippen molar-refractivity contribution in [3.05, 3.63) is 145 Å². The number of hydrogen-bond donors (Lipinski definition) is 7. The quantitative estimate of drug-likeness (QED) is 0.0292. The van der Waals surface area contributed by atoms with E-state index in [2.05, 4.69) is 46.2 Å². The largest absolute Gasteiger partial charge is 0.443 e. The average Bonchev–Trinajstić information content (AvgIpc) is 1.64. The number of anilines is 8. The van der Waals surface area contributed by atoms with E-state index in [-0.39, 0.29) is 105 Å². The van der Waals surface area contributed by atoms with Crippen LogP contribution in [0, 0.1) is 17.8 Å². The van der Waals surface area contributed by atoms with Crippen molar-refractivity contribution >= 4 is 104 Å². The molecule has 6 fully saturated rings. The lowest BCUT2D eigenvalue weighted by Gasteiger charge is -2.25. The number of rotatable bonds is 19. The summed E-state index contributed by atoms with van der Waals surface area (Å²) in [5.74, 6) is 2.12. The molecule has 9 aromatic rings. The Hall–Kier alpha value is -10.5. The van der Waals surface area contributed by atoms with E-state index in [1.54, 1.807) is 148 Å². The Bertz CT molecular complexity index is 5280. The molecule has 3 aliphatic heterocycles. The maximum Gasteiger partial charge on any atom is 0.415 e. The highest BCUT2D eigenvalue weighted by Crippen LogP contribution is 2.35. The first-order chi connectivity index (χ1) is 57.4. The van der Waals surface area contributed by atoms with Gasteiger partial charge < -0.3 is 74.4 Å². The standard InChI is InChI=1S/C30H40N6O6.C25H32N6O4.C20H27ClN4O4.C10H14N2O2/c1-30(2,3)42-29(40)34(4)26-16-25(32-23-11-6-12-35(28(23)39)20-9-7-13-41-18-20)33-27-22(17-31-36(26)27)24(38)15-19-8-5-10-21(37)14-19;1-26-23-13-22(28-20-8-3-9-30(25(20)34)17-6-4-10-35-15-17)29-24-19(14-27-31(23)24)21(33)12-16-5-2-7-18(32)11-16;1-20(2,3)29-19(28)24(4)17-10-16(21)23-18-14(11-22-25(17)18)15(27)9-12-6-5-7-13(26)8-12;11-9-4-1-5-12(10(9)13)8-3-2-6-14-7-8/h6,11-12,16-17,19-21,37H,5,7-10,13-15,18H2,1-4H3,(H,32,33);3,8-9,13-14,16-18,26,32H,2,4-7,10-12,15H2,1H3,(H,28,29);10-13,26H,5-9H2,1-4H3;1,4-5,8H,2-3,6-7,11H2/t19-,20-,21-;16-,17-,18-;12-,13-;8-/m1111/s1. The minimum atomic E-state index is -0.730. The SMILES string of the molecule is CN(C(=O)OC(C)(C)C)c1cc(Cl)nc2c(C(=O)C[C@@H]3CCC[C@@H](O)C3)cnn12.CN(C(=O)OC(C)(C)C)c1cc(Nc2cccn([C@@H]3CCCOC3)c2=O)nc2c(C(=O)C[C@@H]3CCC[C@@H](O)C3)cnn12.CNc1cc(Nc2cccn([C@@H]3CCCOC3)c2=O)nc2c(C(=O)C[C@@H]3CCC[C@@H](O)C3)cnn12.Nc1cccn([C@@H]2CCCOC2)c1=O. The molecule has 120 heavy (non-hydrogen) atoms. The van der Waals surface area contributed by atoms with Crippen molar-refractivity contribution < 1.29 is 63.0 Å². The lowest BCUT2D eigenvalue weighted by Crippen LogP contribution is -2.35. The van der Waals surface area contributed by atoms with Gasteiger partial charge in [-0.1, -0.05) is 30.9 Å². The number of Topliss-reactive ketones (excluding diaryl/α,β-unsaturated/α-hetero) is 3. The molecule has 2 amide bonds. The lowest BCUT2D eigenvalue weighted by molar-refractivity contribution is 0.0577. The maximum atomic E-state index is 13.5. The number of halogens is 1. The van der Waals surface area contributed by atoms with Gasteiger partial charge in [-0.05, 0) is 192 Å². The summed E-state index contributed by atoms with van der Waals surface area (Å²) in [7, 11) is 4.87. The van der Waals surface area contributed by atoms with Crippen LogP contribution in [0.2, 0.25) is 5.15 Å². The fourth-order valence-corrected chi connectivity index (χ4v) is 16.4. The van der Waals surface area contributed by atoms with Crippen molar-refractivity contribution in [1.29, 1.82) is 0 Å². The van der Waals surface area contributed by atoms with Crippen LogP contribution in [0.15, 0.2) is 106 Å². The molecule has 0 aromatic carbocycles. The highest BCUT2D eigenvalue weighted by atomic mass is 35.5. The molecule has 35 heteroatoms. The Morgan fingerprint density at radius 3 is 1.26 bits per heavy atom. The first-order valence-corrected chi connectivity index (χ1v) is 42.0. The molecule has 0 spiro atoms. The minimum Gasteiger partial charge on any atom is -0.443 e. The van der Waals surface area contributed by atoms with E-state index in [4.69, 9.17) is 41.0 Å². The second kappa shape index (κ2) is 39.8. The summed E-state index contributed by atoms with van der Waals surface area (Å²) >= 11 is 6.17. The zero-order valence-electron chi connectivity index (χ0n) is 69.8. The molecule has 3 saturated heterocycles. The Balaban J connectivity index is 0.000000154. The third kappa shape index (κ3) is 22.6. The Kier molecular flexibility index (Phi) is 29.5. The zero-order valence-corrected chi connectivity index (χ0v) is 70.6. The summed E-state index contributed by atoms with van der Waals surface area (Å²) in [5, 5.41) is 52.5. The zero-order chi connectivity index (χ0) is 85.7. The number of fused-ring (bicyclic) bond motifs is 3. The number of ketones is 3. The molecule has 0 radical (unpaired) electrons. The number of carbonyl (C=O) groups is 5. The summed E-state index contributed by atoms with van der Waals surface area (Å²) in [6.45, 7) is 14.5. The summed E-state index contributed by atoms with van der Waals surface area (Å²) < 4.78 is 36.9. The van der Waals surface area contributed by atoms with Crippen molar-refractivity contribution in [3.8, 4) is 0 Å². The number of pyridine rings is 3. The van der Waals surface area contributed by atoms with Crippen molar-refractivity contribution in [2.75, 3.05) is 92.3 Å². The topological polar surface area (TPSA) is 417 Å². The van der Waals surface area contributed by atoms with Crippen LogP contribution < -0.4 is 48.2 Å². The third-order valence-electron chi connectivity index (χ3n) is 22.3. The smallest absolute Gasteiger partial charge is 0.415 e. The summed E-state index contributed by atoms with van der Waals surface area (Å²) in [6.07, 6.45) is 23.7. The number of nitrogens with one attached hydrogen (secondary N) is 3. The second-order valence-electron chi connectivity index (χ2n) is 33.9. The summed E-state index contributed by atoms with van der Waals surface area (Å²) in [4.78, 5) is 119. The van der Waals surface area contributed by atoms with Crippen LogP contribution >= 0.6 is 11.6 Å². The van der Waals surface area contributed by atoms with E-state index in [9.17, 15) is 53.7 Å². The van der Waals surface area contributed by atoms with Gasteiger partial charge in [0.25, 0.3) is 16.7 Å². The minimum absolute atomic E-state index is 0.0127. The molecule has 0 bridgehead atoms. The van der Waals surface area contributed by atoms with Crippen LogP contribution in [0.4, 0.5) is 55.7 Å². The first-order valence-electron chi connectivity index (χ1n) is 41.6. The van der Waals surface area contributed by atoms with Crippen molar-refractivity contribution in [1.82, 2.24) is 57.5 Å². The van der Waals surface area contributed by atoms with Gasteiger partial charge >= 0.3 is 12.2 Å². The number of ether oxygens (including phenoxy) is 5. The van der Waals surface area contributed by atoms with E-state index in [0.29, 0.717) is 127 Å². The summed E-state index contributed by atoms with van der Waals surface area (Å²) in [5.41, 5.74) is 6.78. The van der Waals surface area contributed by atoms with Crippen LogP contribution in [-0.4, -0.2) is 193 Å². The third-order valence-corrected chi connectivity index (χ3v) is 22.5. The van der Waals surface area contributed by atoms with Crippen molar-refractivity contribution in [3.63, 3.8) is 0 Å². The number of aliphatic hydroxyl groups excluding tert-OH is 3. The van der Waals surface area contributed by atoms with Crippen molar-refractivity contribution in [2.24, 2.45) is 17.8 Å². The number of nitrogen functional groups attached to an aromatic ring is 1.